The van der Waals surface area contributed by atoms with E-state index < -0.39 is 0 Å². The Morgan fingerprint density at radius 3 is 2.74 bits per heavy atom. The molecular formula is C16H11N3. The van der Waals surface area contributed by atoms with E-state index in [2.05, 4.69) is 45.3 Å². The predicted molar refractivity (Wildman–Crippen MR) is 76.8 cm³/mol. The van der Waals surface area contributed by atoms with Crippen molar-refractivity contribution in [3.63, 3.8) is 0 Å². The summed E-state index contributed by atoms with van der Waals surface area (Å²) in [6.45, 7) is 0. The van der Waals surface area contributed by atoms with Crippen LogP contribution in [0, 0.1) is 0 Å². The maximum absolute atomic E-state index is 4.24. The van der Waals surface area contributed by atoms with Gasteiger partial charge in [0.2, 0.25) is 0 Å². The summed E-state index contributed by atoms with van der Waals surface area (Å²) in [6, 6.07) is 14.7. The van der Waals surface area contributed by atoms with Crippen molar-refractivity contribution < 1.29 is 0 Å². The van der Waals surface area contributed by atoms with Crippen LogP contribution in [0.1, 0.15) is 0 Å². The Balaban J connectivity index is 1.92. The largest absolute Gasteiger partial charge is 0.345 e. The number of nitrogens with zero attached hydrogens (tertiary/aromatic N) is 2. The third-order valence-electron chi connectivity index (χ3n) is 3.39. The Morgan fingerprint density at radius 2 is 1.74 bits per heavy atom. The second-order valence-corrected chi connectivity index (χ2v) is 4.57. The molecule has 0 saturated carbocycles. The van der Waals surface area contributed by atoms with E-state index in [-0.39, 0.29) is 0 Å². The smallest absolute Gasteiger partial charge is 0.0931 e. The van der Waals surface area contributed by atoms with Crippen LogP contribution in [0.25, 0.3) is 32.9 Å². The molecule has 0 amide bonds. The Bertz CT molecular complexity index is 877. The normalized spacial score (nSPS) is 11.2. The van der Waals surface area contributed by atoms with Gasteiger partial charge in [-0.2, -0.15) is 0 Å². The number of hydrogen-bond donors (Lipinski definition) is 1. The molecule has 0 aliphatic rings. The summed E-state index contributed by atoms with van der Waals surface area (Å²) in [5.74, 6) is 0. The molecule has 2 heterocycles. The van der Waals surface area contributed by atoms with Crippen molar-refractivity contribution in [2.45, 2.75) is 0 Å². The van der Waals surface area contributed by atoms with Crippen molar-refractivity contribution in [3.05, 3.63) is 61.2 Å². The number of fused-ring (bicyclic) bond motifs is 2. The van der Waals surface area contributed by atoms with E-state index in [4.69, 9.17) is 0 Å². The third kappa shape index (κ3) is 1.67. The van der Waals surface area contributed by atoms with Gasteiger partial charge in [0.05, 0.1) is 17.4 Å². The number of hydrogen-bond acceptors (Lipinski definition) is 2. The molecule has 0 aliphatic carbocycles. The Hall–Kier alpha value is -2.68. The lowest BCUT2D eigenvalue weighted by Gasteiger charge is -2.04. The van der Waals surface area contributed by atoms with Crippen molar-refractivity contribution in [1.29, 1.82) is 0 Å². The first-order valence-electron chi connectivity index (χ1n) is 6.17. The van der Waals surface area contributed by atoms with Crippen LogP contribution in [0.3, 0.4) is 0 Å². The quantitative estimate of drug-likeness (QED) is 0.554. The molecular weight excluding hydrogens is 234 g/mol. The topological polar surface area (TPSA) is 41.6 Å². The number of aromatic nitrogens is 3. The first-order valence-corrected chi connectivity index (χ1v) is 6.17. The van der Waals surface area contributed by atoms with E-state index in [1.165, 1.54) is 16.5 Å². The monoisotopic (exact) mass is 245 g/mol. The molecule has 4 aromatic rings. The molecule has 3 nitrogen and oxygen atoms in total. The van der Waals surface area contributed by atoms with Gasteiger partial charge in [-0.1, -0.05) is 18.2 Å². The van der Waals surface area contributed by atoms with Crippen LogP contribution < -0.4 is 0 Å². The lowest BCUT2D eigenvalue weighted by molar-refractivity contribution is 1.34. The van der Waals surface area contributed by atoms with E-state index in [9.17, 15) is 0 Å². The molecule has 2 aromatic carbocycles. The molecule has 3 heteroatoms. The van der Waals surface area contributed by atoms with Crippen LogP contribution in [0.15, 0.2) is 61.2 Å². The molecule has 0 saturated heterocycles. The van der Waals surface area contributed by atoms with Gasteiger partial charge in [-0.15, -0.1) is 0 Å². The minimum atomic E-state index is 0.992. The molecule has 90 valence electrons. The number of H-pyrrole nitrogens is 1. The lowest BCUT2D eigenvalue weighted by atomic mass is 10.0. The molecule has 0 radical (unpaired) electrons. The van der Waals surface area contributed by atoms with E-state index in [1.807, 2.05) is 24.5 Å². The molecule has 4 rings (SSSR count). The summed E-state index contributed by atoms with van der Waals surface area (Å²) in [4.78, 5) is 11.6. The van der Waals surface area contributed by atoms with Crippen LogP contribution >= 0.6 is 0 Å². The number of imidazole rings is 1. The molecule has 0 bridgehead atoms. The summed E-state index contributed by atoms with van der Waals surface area (Å²) in [5.41, 5.74) is 4.43. The molecule has 2 aromatic heterocycles. The number of aromatic amines is 1. The average molecular weight is 245 g/mol. The number of rotatable bonds is 1. The summed E-state index contributed by atoms with van der Waals surface area (Å²) in [7, 11) is 0. The third-order valence-corrected chi connectivity index (χ3v) is 3.39. The standard InChI is InChI=1S/C16H11N3/c1-2-12(7-14-9-17-6-5-11(1)14)13-3-4-15-16(8-13)19-10-18-15/h1-10H,(H,18,19). The van der Waals surface area contributed by atoms with Gasteiger partial charge in [0.25, 0.3) is 0 Å². The van der Waals surface area contributed by atoms with E-state index in [0.717, 1.165) is 16.4 Å². The van der Waals surface area contributed by atoms with Crippen LogP contribution in [0.4, 0.5) is 0 Å². The van der Waals surface area contributed by atoms with Gasteiger partial charge in [-0.3, -0.25) is 4.98 Å². The molecule has 19 heavy (non-hydrogen) atoms. The Kier molecular flexibility index (Phi) is 2.12. The Labute approximate surface area is 110 Å². The van der Waals surface area contributed by atoms with Crippen molar-refractivity contribution in [2.24, 2.45) is 0 Å². The zero-order chi connectivity index (χ0) is 12.7. The van der Waals surface area contributed by atoms with Crippen LogP contribution in [-0.4, -0.2) is 15.0 Å². The zero-order valence-electron chi connectivity index (χ0n) is 10.2. The van der Waals surface area contributed by atoms with Crippen LogP contribution in [-0.2, 0) is 0 Å². The van der Waals surface area contributed by atoms with Crippen LogP contribution in [0.2, 0.25) is 0 Å². The van der Waals surface area contributed by atoms with Gasteiger partial charge in [-0.05, 0) is 40.8 Å². The maximum atomic E-state index is 4.24. The van der Waals surface area contributed by atoms with Crippen molar-refractivity contribution in [2.75, 3.05) is 0 Å². The number of pyridine rings is 1. The summed E-state index contributed by atoms with van der Waals surface area (Å²) >= 11 is 0. The lowest BCUT2D eigenvalue weighted by Crippen LogP contribution is -1.81. The minimum absolute atomic E-state index is 0.992. The van der Waals surface area contributed by atoms with Crippen molar-refractivity contribution in [3.8, 4) is 11.1 Å². The molecule has 0 spiro atoms. The van der Waals surface area contributed by atoms with Gasteiger partial charge < -0.3 is 4.98 Å². The van der Waals surface area contributed by atoms with Gasteiger partial charge >= 0.3 is 0 Å². The highest BCUT2D eigenvalue weighted by atomic mass is 14.9. The van der Waals surface area contributed by atoms with E-state index >= 15 is 0 Å². The fourth-order valence-corrected chi connectivity index (χ4v) is 2.38. The summed E-state index contributed by atoms with van der Waals surface area (Å²) in [6.07, 6.45) is 5.44. The average Bonchev–Trinajstić information content (AvgIpc) is 2.94. The highest BCUT2D eigenvalue weighted by Gasteiger charge is 2.02. The number of nitrogens with one attached hydrogen (secondary N) is 1. The molecule has 0 atom stereocenters. The van der Waals surface area contributed by atoms with Crippen LogP contribution in [0.5, 0.6) is 0 Å². The van der Waals surface area contributed by atoms with Crippen molar-refractivity contribution >= 4 is 21.8 Å². The highest BCUT2D eigenvalue weighted by molar-refractivity contribution is 5.88. The SMILES string of the molecule is c1cc2ccc(-c3ccc4nc[nH]c4c3)cc2cn1. The molecule has 0 unspecified atom stereocenters. The zero-order valence-corrected chi connectivity index (χ0v) is 10.2. The first-order chi connectivity index (χ1) is 9.40. The van der Waals surface area contributed by atoms with E-state index in [1.54, 1.807) is 6.33 Å². The number of benzene rings is 2. The molecule has 0 aliphatic heterocycles. The Morgan fingerprint density at radius 1 is 0.842 bits per heavy atom. The van der Waals surface area contributed by atoms with E-state index in [0.29, 0.717) is 0 Å². The first kappa shape index (κ1) is 10.3. The molecule has 0 fully saturated rings. The maximum Gasteiger partial charge on any atom is 0.0931 e. The fourth-order valence-electron chi connectivity index (χ4n) is 2.38. The summed E-state index contributed by atoms with van der Waals surface area (Å²) in [5, 5.41) is 2.37. The van der Waals surface area contributed by atoms with Gasteiger partial charge in [0.1, 0.15) is 0 Å². The second kappa shape index (κ2) is 3.92. The highest BCUT2D eigenvalue weighted by Crippen LogP contribution is 2.26. The minimum Gasteiger partial charge on any atom is -0.345 e. The molecule has 1 N–H and O–H groups in total. The van der Waals surface area contributed by atoms with Gasteiger partial charge in [-0.25, -0.2) is 4.98 Å². The second-order valence-electron chi connectivity index (χ2n) is 4.57. The van der Waals surface area contributed by atoms with Gasteiger partial charge in [0, 0.05) is 17.8 Å². The van der Waals surface area contributed by atoms with Crippen molar-refractivity contribution in [1.82, 2.24) is 15.0 Å². The predicted octanol–water partition coefficient (Wildman–Crippen LogP) is 3.78. The fraction of sp³-hybridized carbons (Fsp3) is 0. The summed E-state index contributed by atoms with van der Waals surface area (Å²) < 4.78 is 0. The van der Waals surface area contributed by atoms with Gasteiger partial charge in [0.15, 0.2) is 0 Å².